The van der Waals surface area contributed by atoms with Crippen LogP contribution in [0.4, 0.5) is 0 Å². The zero-order valence-corrected chi connectivity index (χ0v) is 14.2. The van der Waals surface area contributed by atoms with Crippen LogP contribution in [0.1, 0.15) is 21.5 Å². The highest BCUT2D eigenvalue weighted by Crippen LogP contribution is 2.18. The summed E-state index contributed by atoms with van der Waals surface area (Å²) in [5, 5.41) is 18.4. The van der Waals surface area contributed by atoms with Crippen LogP contribution in [0.25, 0.3) is 0 Å². The molecule has 0 saturated carbocycles. The quantitative estimate of drug-likeness (QED) is 0.688. The monoisotopic (exact) mass is 363 g/mol. The fourth-order valence-corrected chi connectivity index (χ4v) is 3.76. The Morgan fingerprint density at radius 1 is 1.08 bits per heavy atom. The van der Waals surface area contributed by atoms with Gasteiger partial charge in [0.25, 0.3) is 0 Å². The van der Waals surface area contributed by atoms with Crippen molar-refractivity contribution in [1.29, 1.82) is 0 Å². The first-order valence-corrected chi connectivity index (χ1v) is 8.82. The van der Waals surface area contributed by atoms with Gasteiger partial charge in [0.05, 0.1) is 10.5 Å². The Morgan fingerprint density at radius 2 is 1.72 bits per heavy atom. The second-order valence-corrected chi connectivity index (χ2v) is 7.17. The number of hydrogen-bond acceptors (Lipinski definition) is 4. The molecule has 0 unspecified atom stereocenters. The van der Waals surface area contributed by atoms with Crippen LogP contribution in [-0.4, -0.2) is 36.6 Å². The molecule has 2 rings (SSSR count). The normalized spacial score (nSPS) is 12.5. The van der Waals surface area contributed by atoms with Gasteiger partial charge in [-0.05, 0) is 36.6 Å². The largest absolute Gasteiger partial charge is 0.480 e. The fraction of sp³-hybridized carbons (Fsp3) is 0.176. The first kappa shape index (κ1) is 18.6. The number of benzene rings is 2. The Hall–Kier alpha value is -2.71. The van der Waals surface area contributed by atoms with Crippen LogP contribution in [0.2, 0.25) is 0 Å². The van der Waals surface area contributed by atoms with Crippen molar-refractivity contribution < 1.29 is 28.2 Å². The molecule has 0 aliphatic heterocycles. The van der Waals surface area contributed by atoms with E-state index in [-0.39, 0.29) is 16.9 Å². The maximum atomic E-state index is 12.6. The molecule has 0 aliphatic carbocycles. The number of rotatable bonds is 7. The lowest BCUT2D eigenvalue weighted by molar-refractivity contribution is -0.138. The van der Waals surface area contributed by atoms with E-state index in [4.69, 9.17) is 5.11 Å². The lowest BCUT2D eigenvalue weighted by atomic mass is 10.1. The topological polar surface area (TPSA) is 121 Å². The molecule has 25 heavy (non-hydrogen) atoms. The molecule has 2 aromatic carbocycles. The number of carboxylic acids is 2. The Kier molecular flexibility index (Phi) is 5.55. The molecule has 3 N–H and O–H groups in total. The highest BCUT2D eigenvalue weighted by atomic mass is 32.2. The van der Waals surface area contributed by atoms with E-state index < -0.39 is 28.0 Å². The van der Waals surface area contributed by atoms with Crippen molar-refractivity contribution in [3.05, 3.63) is 65.2 Å². The van der Waals surface area contributed by atoms with E-state index in [1.807, 2.05) is 0 Å². The summed E-state index contributed by atoms with van der Waals surface area (Å²) in [5.41, 5.74) is 0.788. The maximum Gasteiger partial charge on any atom is 0.335 e. The van der Waals surface area contributed by atoms with Gasteiger partial charge in [-0.2, -0.15) is 4.72 Å². The van der Waals surface area contributed by atoms with Crippen LogP contribution < -0.4 is 4.72 Å². The van der Waals surface area contributed by atoms with Gasteiger partial charge >= 0.3 is 11.9 Å². The Balaban J connectivity index is 2.33. The molecule has 1 atom stereocenters. The third-order valence-electron chi connectivity index (χ3n) is 3.60. The van der Waals surface area contributed by atoms with E-state index in [0.29, 0.717) is 11.1 Å². The molecule has 2 aromatic rings. The minimum absolute atomic E-state index is 0.0347. The average Bonchev–Trinajstić information content (AvgIpc) is 2.55. The predicted molar refractivity (Wildman–Crippen MR) is 90.0 cm³/mol. The Bertz CT molecular complexity index is 893. The maximum absolute atomic E-state index is 12.6. The lowest BCUT2D eigenvalue weighted by Crippen LogP contribution is -2.42. The van der Waals surface area contributed by atoms with Gasteiger partial charge in [0, 0.05) is 0 Å². The number of nitrogens with one attached hydrogen (secondary N) is 1. The molecular formula is C17H17NO6S. The molecule has 0 saturated heterocycles. The smallest absolute Gasteiger partial charge is 0.335 e. The van der Waals surface area contributed by atoms with Crippen molar-refractivity contribution in [3.8, 4) is 0 Å². The highest BCUT2D eigenvalue weighted by Gasteiger charge is 2.27. The summed E-state index contributed by atoms with van der Waals surface area (Å²) in [6.45, 7) is 1.51. The van der Waals surface area contributed by atoms with Gasteiger partial charge in [-0.3, -0.25) is 4.79 Å². The van der Waals surface area contributed by atoms with Gasteiger partial charge in [-0.1, -0.05) is 36.4 Å². The molecule has 7 nitrogen and oxygen atoms in total. The molecule has 0 aliphatic rings. The molecule has 0 radical (unpaired) electrons. The first-order valence-electron chi connectivity index (χ1n) is 7.33. The fourth-order valence-electron chi connectivity index (χ4n) is 2.30. The molecule has 0 aromatic heterocycles. The summed E-state index contributed by atoms with van der Waals surface area (Å²) >= 11 is 0. The summed E-state index contributed by atoms with van der Waals surface area (Å²) in [5.74, 6) is -2.59. The minimum Gasteiger partial charge on any atom is -0.480 e. The van der Waals surface area contributed by atoms with Crippen LogP contribution >= 0.6 is 0 Å². The molecule has 0 bridgehead atoms. The summed E-state index contributed by atoms with van der Waals surface area (Å²) in [7, 11) is -4.21. The number of aryl methyl sites for hydroxylation is 1. The molecule has 0 amide bonds. The van der Waals surface area contributed by atoms with Gasteiger partial charge in [0.2, 0.25) is 10.0 Å². The molecule has 0 heterocycles. The zero-order chi connectivity index (χ0) is 18.6. The SMILES string of the molecule is Cc1ccc(C(=O)O)cc1S(=O)(=O)N[C@H](Cc1ccccc1)C(=O)O. The van der Waals surface area contributed by atoms with E-state index in [1.54, 1.807) is 30.3 Å². The van der Waals surface area contributed by atoms with Gasteiger partial charge in [-0.15, -0.1) is 0 Å². The number of carbonyl (C=O) groups is 2. The summed E-state index contributed by atoms with van der Waals surface area (Å²) in [4.78, 5) is 22.2. The Labute approximate surface area is 145 Å². The van der Waals surface area contributed by atoms with Crippen molar-refractivity contribution in [2.45, 2.75) is 24.3 Å². The van der Waals surface area contributed by atoms with Gasteiger partial charge < -0.3 is 10.2 Å². The number of aliphatic carboxylic acids is 1. The van der Waals surface area contributed by atoms with Gasteiger partial charge in [-0.25, -0.2) is 13.2 Å². The van der Waals surface area contributed by atoms with Crippen molar-refractivity contribution in [3.63, 3.8) is 0 Å². The number of sulfonamides is 1. The molecular weight excluding hydrogens is 346 g/mol. The van der Waals surface area contributed by atoms with Crippen molar-refractivity contribution in [2.75, 3.05) is 0 Å². The number of carboxylic acid groups (broad SMARTS) is 2. The standard InChI is InChI=1S/C17H17NO6S/c1-11-7-8-13(16(19)20)10-15(11)25(23,24)18-14(17(21)22)9-12-5-3-2-4-6-12/h2-8,10,14,18H,9H2,1H3,(H,19,20)(H,21,22)/t14-/m1/s1. The van der Waals surface area contributed by atoms with E-state index in [9.17, 15) is 23.1 Å². The van der Waals surface area contributed by atoms with Crippen LogP contribution in [-0.2, 0) is 21.2 Å². The van der Waals surface area contributed by atoms with E-state index in [0.717, 1.165) is 6.07 Å². The number of hydrogen-bond donors (Lipinski definition) is 3. The highest BCUT2D eigenvalue weighted by molar-refractivity contribution is 7.89. The Morgan fingerprint density at radius 3 is 2.28 bits per heavy atom. The van der Waals surface area contributed by atoms with E-state index >= 15 is 0 Å². The molecule has 0 spiro atoms. The third kappa shape index (κ3) is 4.65. The van der Waals surface area contributed by atoms with E-state index in [1.165, 1.54) is 19.1 Å². The second-order valence-electron chi connectivity index (χ2n) is 5.49. The van der Waals surface area contributed by atoms with Crippen LogP contribution in [0.5, 0.6) is 0 Å². The van der Waals surface area contributed by atoms with E-state index in [2.05, 4.69) is 4.72 Å². The van der Waals surface area contributed by atoms with Crippen LogP contribution in [0.15, 0.2) is 53.4 Å². The predicted octanol–water partition coefficient (Wildman–Crippen LogP) is 1.67. The molecule has 132 valence electrons. The lowest BCUT2D eigenvalue weighted by Gasteiger charge is -2.16. The second kappa shape index (κ2) is 7.45. The van der Waals surface area contributed by atoms with Crippen molar-refractivity contribution >= 4 is 22.0 Å². The van der Waals surface area contributed by atoms with Crippen molar-refractivity contribution in [2.24, 2.45) is 0 Å². The zero-order valence-electron chi connectivity index (χ0n) is 13.3. The molecule has 0 fully saturated rings. The summed E-state index contributed by atoms with van der Waals surface area (Å²) < 4.78 is 27.3. The summed E-state index contributed by atoms with van der Waals surface area (Å²) in [6.07, 6.45) is -0.0347. The van der Waals surface area contributed by atoms with Crippen LogP contribution in [0, 0.1) is 6.92 Å². The minimum atomic E-state index is -4.21. The number of aromatic carboxylic acids is 1. The summed E-state index contributed by atoms with van der Waals surface area (Å²) in [6, 6.07) is 10.9. The van der Waals surface area contributed by atoms with Crippen LogP contribution in [0.3, 0.4) is 0 Å². The third-order valence-corrected chi connectivity index (χ3v) is 5.22. The first-order chi connectivity index (χ1) is 11.7. The van der Waals surface area contributed by atoms with Gasteiger partial charge in [0.15, 0.2) is 0 Å². The van der Waals surface area contributed by atoms with Crippen molar-refractivity contribution in [1.82, 2.24) is 4.72 Å². The van der Waals surface area contributed by atoms with Gasteiger partial charge in [0.1, 0.15) is 6.04 Å². The average molecular weight is 363 g/mol. The molecule has 8 heteroatoms.